The number of unbranched alkanes of at least 4 members (excludes halogenated alkanes) is 2. The van der Waals surface area contributed by atoms with Crippen molar-refractivity contribution >= 4 is 7.35 Å². The third-order valence-electron chi connectivity index (χ3n) is 0.955. The van der Waals surface area contributed by atoms with Gasteiger partial charge in [0.2, 0.25) is 0 Å². The van der Waals surface area contributed by atoms with Crippen LogP contribution in [0, 0.1) is 0 Å². The average Bonchev–Trinajstić information content (AvgIpc) is 1.89. The van der Waals surface area contributed by atoms with Gasteiger partial charge in [0, 0.05) is 0 Å². The second-order valence-electron chi connectivity index (χ2n) is 1.75. The van der Waals surface area contributed by atoms with Crippen LogP contribution >= 0.6 is 0 Å². The van der Waals surface area contributed by atoms with Crippen molar-refractivity contribution in [2.75, 3.05) is 0 Å². The second-order valence-corrected chi connectivity index (χ2v) is 1.75. The summed E-state index contributed by atoms with van der Waals surface area (Å²) < 4.78 is 13.9. The van der Waals surface area contributed by atoms with Gasteiger partial charge in [-0.1, -0.05) is 0 Å². The van der Waals surface area contributed by atoms with Gasteiger partial charge in [-0.25, -0.2) is 0 Å². The summed E-state index contributed by atoms with van der Waals surface area (Å²) in [6.45, 7) is 2.12. The summed E-state index contributed by atoms with van der Waals surface area (Å²) in [6.07, 6.45) is 6.58. The van der Waals surface area contributed by atoms with E-state index in [0.29, 0.717) is 7.35 Å². The van der Waals surface area contributed by atoms with Crippen LogP contribution in [0.5, 0.6) is 0 Å². The van der Waals surface area contributed by atoms with Crippen molar-refractivity contribution in [3.05, 3.63) is 12.3 Å². The zero-order valence-corrected chi connectivity index (χ0v) is 5.67. The molecule has 0 atom stereocenters. The molecule has 2 nitrogen and oxygen atoms in total. The van der Waals surface area contributed by atoms with Crippen molar-refractivity contribution in [1.82, 2.24) is 0 Å². The molecule has 0 aliphatic heterocycles. The average molecular weight is 126 g/mol. The van der Waals surface area contributed by atoms with Gasteiger partial charge in [0.1, 0.15) is 0 Å². The molecular formula is C6H11BO2. The number of rotatable bonds is 5. The van der Waals surface area contributed by atoms with Crippen LogP contribution in [0.25, 0.3) is 0 Å². The van der Waals surface area contributed by atoms with E-state index in [1.807, 2.05) is 6.08 Å². The monoisotopic (exact) mass is 126 g/mol. The van der Waals surface area contributed by atoms with E-state index < -0.39 is 0 Å². The molecule has 0 bridgehead atoms. The van der Waals surface area contributed by atoms with Crippen LogP contribution in [0.4, 0.5) is 0 Å². The van der Waals surface area contributed by atoms with Crippen LogP contribution in [0.1, 0.15) is 26.2 Å². The van der Waals surface area contributed by atoms with E-state index in [4.69, 9.17) is 0 Å². The third-order valence-corrected chi connectivity index (χ3v) is 0.955. The van der Waals surface area contributed by atoms with Gasteiger partial charge in [0.25, 0.3) is 0 Å². The molecule has 9 heavy (non-hydrogen) atoms. The zero-order chi connectivity index (χ0) is 6.95. The molecule has 50 valence electrons. The first-order valence-corrected chi connectivity index (χ1v) is 3.16. The molecule has 0 spiro atoms. The predicted molar refractivity (Wildman–Crippen MR) is 36.2 cm³/mol. The summed E-state index contributed by atoms with van der Waals surface area (Å²) in [6, 6.07) is 0. The van der Waals surface area contributed by atoms with E-state index in [1.54, 1.807) is 0 Å². The van der Waals surface area contributed by atoms with E-state index in [1.165, 1.54) is 12.7 Å². The fourth-order valence-electron chi connectivity index (χ4n) is 0.478. The standard InChI is InChI=1S/C6H11BO2/c1-2-3-4-5-6-9-7-8/h5-6H,2-4H2,1H3. The minimum atomic E-state index is 0.419. The Hall–Kier alpha value is -0.595. The SMILES string of the molecule is CCCCC=COB=O. The summed E-state index contributed by atoms with van der Waals surface area (Å²) in [4.78, 5) is 0. The van der Waals surface area contributed by atoms with Crippen LogP contribution < -0.4 is 0 Å². The topological polar surface area (TPSA) is 26.3 Å². The predicted octanol–water partition coefficient (Wildman–Crippen LogP) is 1.67. The molecule has 0 saturated carbocycles. The van der Waals surface area contributed by atoms with Crippen LogP contribution in [0.15, 0.2) is 12.3 Å². The Morgan fingerprint density at radius 1 is 1.67 bits per heavy atom. The van der Waals surface area contributed by atoms with E-state index in [0.717, 1.165) is 12.8 Å². The van der Waals surface area contributed by atoms with Gasteiger partial charge in [0.05, 0.1) is 0 Å². The quantitative estimate of drug-likeness (QED) is 0.318. The normalized spacial score (nSPS) is 9.44. The van der Waals surface area contributed by atoms with E-state index in [9.17, 15) is 4.70 Å². The molecule has 0 saturated heterocycles. The molecule has 0 unspecified atom stereocenters. The molecule has 0 aliphatic carbocycles. The fraction of sp³-hybridized carbons (Fsp3) is 0.667. The number of hydrogen-bond donors (Lipinski definition) is 0. The number of hydrogen-bond acceptors (Lipinski definition) is 2. The molecule has 0 amide bonds. The summed E-state index contributed by atoms with van der Waals surface area (Å²) in [7, 11) is 0.419. The summed E-state index contributed by atoms with van der Waals surface area (Å²) in [5, 5.41) is 0. The van der Waals surface area contributed by atoms with E-state index in [2.05, 4.69) is 11.6 Å². The maximum absolute atomic E-state index is 9.56. The fourth-order valence-corrected chi connectivity index (χ4v) is 0.478. The molecule has 0 aromatic rings. The van der Waals surface area contributed by atoms with Gasteiger partial charge < -0.3 is 0 Å². The first-order valence-electron chi connectivity index (χ1n) is 3.16. The van der Waals surface area contributed by atoms with Crippen LogP contribution in [-0.2, 0) is 9.36 Å². The van der Waals surface area contributed by atoms with Gasteiger partial charge in [-0.15, -0.1) is 0 Å². The Bertz CT molecular complexity index is 91.1. The van der Waals surface area contributed by atoms with Crippen LogP contribution in [0.2, 0.25) is 0 Å². The van der Waals surface area contributed by atoms with Crippen molar-refractivity contribution < 1.29 is 9.36 Å². The van der Waals surface area contributed by atoms with Crippen molar-refractivity contribution in [3.63, 3.8) is 0 Å². The van der Waals surface area contributed by atoms with Gasteiger partial charge in [-0.05, 0) is 0 Å². The summed E-state index contributed by atoms with van der Waals surface area (Å²) in [5.41, 5.74) is 0. The van der Waals surface area contributed by atoms with E-state index in [-0.39, 0.29) is 0 Å². The van der Waals surface area contributed by atoms with Crippen LogP contribution in [0.3, 0.4) is 0 Å². The molecule has 3 heteroatoms. The number of allylic oxidation sites excluding steroid dienone is 1. The Labute approximate surface area is 56.2 Å². The first-order chi connectivity index (χ1) is 4.41. The molecule has 0 rings (SSSR count). The molecule has 0 aliphatic rings. The molecular weight excluding hydrogens is 115 g/mol. The molecule has 0 aromatic carbocycles. The second kappa shape index (κ2) is 7.40. The molecule has 0 fully saturated rings. The molecule has 0 aromatic heterocycles. The third kappa shape index (κ3) is 7.40. The van der Waals surface area contributed by atoms with Crippen molar-refractivity contribution in [3.8, 4) is 0 Å². The Morgan fingerprint density at radius 3 is 3.00 bits per heavy atom. The van der Waals surface area contributed by atoms with Gasteiger partial charge in [0.15, 0.2) is 0 Å². The Morgan fingerprint density at radius 2 is 2.44 bits per heavy atom. The Kier molecular flexibility index (Phi) is 6.92. The zero-order valence-electron chi connectivity index (χ0n) is 5.67. The summed E-state index contributed by atoms with van der Waals surface area (Å²) in [5.74, 6) is 0. The minimum absolute atomic E-state index is 0.419. The van der Waals surface area contributed by atoms with Crippen LogP contribution in [-0.4, -0.2) is 7.35 Å². The molecule has 0 N–H and O–H groups in total. The summed E-state index contributed by atoms with van der Waals surface area (Å²) >= 11 is 0. The maximum atomic E-state index is 9.56. The van der Waals surface area contributed by atoms with Gasteiger partial charge in [-0.2, -0.15) is 0 Å². The van der Waals surface area contributed by atoms with Crippen molar-refractivity contribution in [2.24, 2.45) is 0 Å². The van der Waals surface area contributed by atoms with Crippen molar-refractivity contribution in [1.29, 1.82) is 0 Å². The van der Waals surface area contributed by atoms with E-state index >= 15 is 0 Å². The van der Waals surface area contributed by atoms with Gasteiger partial charge >= 0.3 is 55.2 Å². The Balaban J connectivity index is 2.94. The molecule has 0 radical (unpaired) electrons. The molecule has 0 heterocycles. The van der Waals surface area contributed by atoms with Crippen molar-refractivity contribution in [2.45, 2.75) is 26.2 Å². The first kappa shape index (κ1) is 8.40. The van der Waals surface area contributed by atoms with Gasteiger partial charge in [-0.3, -0.25) is 0 Å².